The molecule has 9 heteroatoms. The summed E-state index contributed by atoms with van der Waals surface area (Å²) in [4.78, 5) is 24.5. The number of hydrogen-bond acceptors (Lipinski definition) is 7. The number of hydrogen-bond donors (Lipinski definition) is 1. The minimum Gasteiger partial charge on any atom is -0.504 e. The molecular formula is C14H14N2O5S2. The molecule has 2 rings (SSSR count). The number of thioether (sulfide) groups is 1. The molecule has 0 saturated carbocycles. The molecule has 0 atom stereocenters. The molecule has 0 unspecified atom stereocenters. The third-order valence-corrected chi connectivity index (χ3v) is 4.48. The molecule has 122 valence electrons. The minimum atomic E-state index is -0.599. The summed E-state index contributed by atoms with van der Waals surface area (Å²) in [7, 11) is 1.29. The number of nitro groups is 1. The topological polar surface area (TPSA) is 92.9 Å². The van der Waals surface area contributed by atoms with E-state index in [0.29, 0.717) is 9.23 Å². The number of non-ortho nitro benzene ring substituents is 1. The van der Waals surface area contributed by atoms with Crippen LogP contribution in [0.5, 0.6) is 11.5 Å². The summed E-state index contributed by atoms with van der Waals surface area (Å²) in [5.74, 6) is -0.599. The first kappa shape index (κ1) is 17.2. The van der Waals surface area contributed by atoms with Crippen LogP contribution in [0.15, 0.2) is 17.0 Å². The molecule has 23 heavy (non-hydrogen) atoms. The van der Waals surface area contributed by atoms with Crippen LogP contribution in [-0.2, 0) is 4.79 Å². The Morgan fingerprint density at radius 1 is 1.48 bits per heavy atom. The molecule has 1 saturated heterocycles. The van der Waals surface area contributed by atoms with Crippen molar-refractivity contribution in [3.05, 3.63) is 32.7 Å². The molecule has 0 aromatic heterocycles. The second-order valence-corrected chi connectivity index (χ2v) is 6.66. The number of ether oxygens (including phenoxy) is 1. The number of carbonyl (C=O) groups is 1. The average Bonchev–Trinajstić information content (AvgIpc) is 2.75. The van der Waals surface area contributed by atoms with Crippen molar-refractivity contribution in [1.82, 2.24) is 4.90 Å². The Balaban J connectivity index is 2.51. The molecule has 1 aromatic rings. The first-order valence-electron chi connectivity index (χ1n) is 6.58. The van der Waals surface area contributed by atoms with E-state index in [9.17, 15) is 20.0 Å². The Kier molecular flexibility index (Phi) is 4.90. The van der Waals surface area contributed by atoms with E-state index in [1.807, 2.05) is 13.8 Å². The van der Waals surface area contributed by atoms with Crippen LogP contribution in [-0.4, -0.2) is 38.3 Å². The number of amides is 1. The predicted molar refractivity (Wildman–Crippen MR) is 91.5 cm³/mol. The van der Waals surface area contributed by atoms with Gasteiger partial charge in [0.05, 0.1) is 23.0 Å². The molecule has 7 nitrogen and oxygen atoms in total. The highest BCUT2D eigenvalue weighted by molar-refractivity contribution is 8.26. The summed E-state index contributed by atoms with van der Waals surface area (Å²) in [6.45, 7) is 3.67. The molecule has 0 bridgehead atoms. The number of methoxy groups -OCH3 is 1. The number of phenolic OH excluding ortho intramolecular Hbond substituents is 1. The van der Waals surface area contributed by atoms with Crippen molar-refractivity contribution < 1.29 is 19.6 Å². The molecule has 1 aliphatic heterocycles. The van der Waals surface area contributed by atoms with Crippen molar-refractivity contribution in [1.29, 1.82) is 0 Å². The largest absolute Gasteiger partial charge is 0.504 e. The lowest BCUT2D eigenvalue weighted by Crippen LogP contribution is -2.34. The third kappa shape index (κ3) is 3.30. The highest BCUT2D eigenvalue weighted by Gasteiger charge is 2.34. The van der Waals surface area contributed by atoms with Gasteiger partial charge in [0.1, 0.15) is 4.32 Å². The van der Waals surface area contributed by atoms with Crippen LogP contribution in [0, 0.1) is 10.1 Å². The maximum absolute atomic E-state index is 12.3. The molecule has 0 aliphatic carbocycles. The number of phenols is 1. The first-order valence-corrected chi connectivity index (χ1v) is 7.81. The van der Waals surface area contributed by atoms with E-state index in [0.717, 1.165) is 17.8 Å². The summed E-state index contributed by atoms with van der Waals surface area (Å²) >= 11 is 6.26. The monoisotopic (exact) mass is 354 g/mol. The fourth-order valence-electron chi connectivity index (χ4n) is 2.05. The summed E-state index contributed by atoms with van der Waals surface area (Å²) in [5, 5.41) is 21.1. The molecule has 1 aliphatic rings. The number of carbonyl (C=O) groups excluding carboxylic acids is 1. The molecule has 0 spiro atoms. The van der Waals surface area contributed by atoms with Crippen LogP contribution in [0.4, 0.5) is 5.69 Å². The van der Waals surface area contributed by atoms with Crippen LogP contribution >= 0.6 is 24.0 Å². The zero-order chi connectivity index (χ0) is 17.3. The van der Waals surface area contributed by atoms with E-state index in [-0.39, 0.29) is 34.7 Å². The summed E-state index contributed by atoms with van der Waals surface area (Å²) in [5.41, 5.74) is -0.120. The maximum Gasteiger partial charge on any atom is 0.274 e. The molecule has 0 radical (unpaired) electrons. The molecule has 1 heterocycles. The van der Waals surface area contributed by atoms with Crippen LogP contribution in [0.2, 0.25) is 0 Å². The lowest BCUT2D eigenvalue weighted by atomic mass is 10.1. The van der Waals surface area contributed by atoms with Gasteiger partial charge >= 0.3 is 0 Å². The Morgan fingerprint density at radius 2 is 2.13 bits per heavy atom. The number of nitrogens with zero attached hydrogens (tertiary/aromatic N) is 2. The van der Waals surface area contributed by atoms with E-state index in [1.165, 1.54) is 24.2 Å². The van der Waals surface area contributed by atoms with Crippen molar-refractivity contribution in [2.45, 2.75) is 19.9 Å². The van der Waals surface area contributed by atoms with Gasteiger partial charge in [-0.3, -0.25) is 19.8 Å². The van der Waals surface area contributed by atoms with E-state index in [1.54, 1.807) is 0 Å². The summed E-state index contributed by atoms with van der Waals surface area (Å²) in [6, 6.07) is 2.20. The average molecular weight is 354 g/mol. The number of aromatic hydroxyl groups is 1. The molecule has 1 aromatic carbocycles. The Morgan fingerprint density at radius 3 is 2.61 bits per heavy atom. The number of rotatable bonds is 4. The molecule has 1 N–H and O–H groups in total. The Labute approximate surface area is 142 Å². The quantitative estimate of drug-likeness (QED) is 0.384. The molecule has 1 fully saturated rings. The predicted octanol–water partition coefficient (Wildman–Crippen LogP) is 2.92. The van der Waals surface area contributed by atoms with E-state index < -0.39 is 4.92 Å². The Hall–Kier alpha value is -2.13. The Bertz CT molecular complexity index is 730. The highest BCUT2D eigenvalue weighted by atomic mass is 32.2. The van der Waals surface area contributed by atoms with Crippen molar-refractivity contribution in [3.63, 3.8) is 0 Å². The maximum atomic E-state index is 12.3. The van der Waals surface area contributed by atoms with Gasteiger partial charge in [-0.25, -0.2) is 0 Å². The van der Waals surface area contributed by atoms with Gasteiger partial charge in [0, 0.05) is 17.7 Å². The van der Waals surface area contributed by atoms with E-state index >= 15 is 0 Å². The third-order valence-electron chi connectivity index (χ3n) is 3.15. The standard InChI is InChI=1S/C14H14N2O5S2/c1-7(2)15-13(18)11(23-14(15)22)5-8-4-9(16(19)20)6-10(21-3)12(8)17/h4-7,17H,1-3H3. The smallest absolute Gasteiger partial charge is 0.274 e. The fraction of sp³-hybridized carbons (Fsp3) is 0.286. The number of benzene rings is 1. The first-order chi connectivity index (χ1) is 10.8. The van der Waals surface area contributed by atoms with Gasteiger partial charge in [-0.2, -0.15) is 0 Å². The van der Waals surface area contributed by atoms with Crippen LogP contribution in [0.3, 0.4) is 0 Å². The number of nitro benzene ring substituents is 1. The summed E-state index contributed by atoms with van der Waals surface area (Å²) < 4.78 is 5.35. The molecular weight excluding hydrogens is 340 g/mol. The second kappa shape index (κ2) is 6.55. The van der Waals surface area contributed by atoms with Crippen LogP contribution in [0.1, 0.15) is 19.4 Å². The SMILES string of the molecule is COc1cc([N+](=O)[O-])cc(C=C2SC(=S)N(C(C)C)C2=O)c1O. The van der Waals surface area contributed by atoms with E-state index in [2.05, 4.69) is 0 Å². The van der Waals surface area contributed by atoms with Gasteiger partial charge < -0.3 is 9.84 Å². The highest BCUT2D eigenvalue weighted by Crippen LogP contribution is 2.39. The van der Waals surface area contributed by atoms with Gasteiger partial charge in [0.25, 0.3) is 11.6 Å². The van der Waals surface area contributed by atoms with Gasteiger partial charge in [-0.15, -0.1) is 0 Å². The van der Waals surface area contributed by atoms with Crippen molar-refractivity contribution >= 4 is 46.0 Å². The fourth-order valence-corrected chi connectivity index (χ4v) is 3.57. The van der Waals surface area contributed by atoms with Gasteiger partial charge in [0.2, 0.25) is 0 Å². The van der Waals surface area contributed by atoms with E-state index in [4.69, 9.17) is 17.0 Å². The normalized spacial score (nSPS) is 16.5. The minimum absolute atomic E-state index is 0.0372. The van der Waals surface area contributed by atoms with Gasteiger partial charge in [-0.05, 0) is 19.9 Å². The van der Waals surface area contributed by atoms with Gasteiger partial charge in [-0.1, -0.05) is 24.0 Å². The van der Waals surface area contributed by atoms with Crippen molar-refractivity contribution in [2.24, 2.45) is 0 Å². The van der Waals surface area contributed by atoms with Crippen LogP contribution < -0.4 is 4.74 Å². The van der Waals surface area contributed by atoms with Crippen molar-refractivity contribution in [3.8, 4) is 11.5 Å². The lowest BCUT2D eigenvalue weighted by molar-refractivity contribution is -0.385. The summed E-state index contributed by atoms with van der Waals surface area (Å²) in [6.07, 6.45) is 1.38. The zero-order valence-corrected chi connectivity index (χ0v) is 14.2. The lowest BCUT2D eigenvalue weighted by Gasteiger charge is -2.18. The van der Waals surface area contributed by atoms with Gasteiger partial charge in [0.15, 0.2) is 11.5 Å². The molecule has 1 amide bonds. The number of thiocarbonyl (C=S) groups is 1. The van der Waals surface area contributed by atoms with Crippen molar-refractivity contribution in [2.75, 3.05) is 7.11 Å². The van der Waals surface area contributed by atoms with Crippen LogP contribution in [0.25, 0.3) is 6.08 Å². The zero-order valence-electron chi connectivity index (χ0n) is 12.6. The second-order valence-electron chi connectivity index (χ2n) is 4.99.